The number of para-hydroxylation sites is 1. The van der Waals surface area contributed by atoms with Crippen molar-refractivity contribution in [2.75, 3.05) is 6.54 Å². The molecule has 1 atom stereocenters. The summed E-state index contributed by atoms with van der Waals surface area (Å²) >= 11 is 0. The summed E-state index contributed by atoms with van der Waals surface area (Å²) in [6.07, 6.45) is -1.60. The van der Waals surface area contributed by atoms with E-state index in [0.717, 1.165) is 9.95 Å². The Kier molecular flexibility index (Phi) is 5.37. The summed E-state index contributed by atoms with van der Waals surface area (Å²) in [7, 11) is 1.37. The molecular formula is C19H19F3N4O2. The van der Waals surface area contributed by atoms with Crippen LogP contribution in [0.3, 0.4) is 0 Å². The maximum atomic E-state index is 13.5. The fraction of sp³-hybridized carbons (Fsp3) is 0.316. The van der Waals surface area contributed by atoms with Crippen molar-refractivity contribution in [3.05, 3.63) is 60.3 Å². The van der Waals surface area contributed by atoms with Gasteiger partial charge in [-0.2, -0.15) is 13.2 Å². The van der Waals surface area contributed by atoms with E-state index in [1.54, 1.807) is 24.4 Å². The van der Waals surface area contributed by atoms with Gasteiger partial charge in [0.1, 0.15) is 5.82 Å². The summed E-state index contributed by atoms with van der Waals surface area (Å²) in [5, 5.41) is 13.6. The van der Waals surface area contributed by atoms with E-state index in [2.05, 4.69) is 15.3 Å². The molecule has 0 fully saturated rings. The van der Waals surface area contributed by atoms with E-state index >= 15 is 0 Å². The van der Waals surface area contributed by atoms with E-state index in [1.165, 1.54) is 19.4 Å². The van der Waals surface area contributed by atoms with Crippen LogP contribution in [0, 0.1) is 0 Å². The Morgan fingerprint density at radius 1 is 1.18 bits per heavy atom. The van der Waals surface area contributed by atoms with Crippen LogP contribution in [0.5, 0.6) is 0 Å². The highest BCUT2D eigenvalue weighted by Crippen LogP contribution is 2.40. The topological polar surface area (TPSA) is 80.0 Å². The number of halogens is 3. The zero-order valence-corrected chi connectivity index (χ0v) is 15.1. The van der Waals surface area contributed by atoms with Gasteiger partial charge in [0.2, 0.25) is 11.5 Å². The number of pyridine rings is 1. The SMILES string of the molecule is Cn1ccnc1C(O)(CCNC(=O)Cc1cccc2cccnc12)C(F)(F)F. The van der Waals surface area contributed by atoms with E-state index in [4.69, 9.17) is 0 Å². The Labute approximate surface area is 159 Å². The minimum Gasteiger partial charge on any atom is -0.374 e. The van der Waals surface area contributed by atoms with Crippen molar-refractivity contribution in [2.24, 2.45) is 7.05 Å². The molecule has 0 saturated heterocycles. The lowest BCUT2D eigenvalue weighted by Gasteiger charge is -2.30. The van der Waals surface area contributed by atoms with E-state index < -0.39 is 29.9 Å². The number of rotatable bonds is 6. The number of benzene rings is 1. The number of fused-ring (bicyclic) bond motifs is 1. The van der Waals surface area contributed by atoms with Crippen LogP contribution in [-0.4, -0.2) is 38.3 Å². The number of hydrogen-bond acceptors (Lipinski definition) is 4. The second-order valence-corrected chi connectivity index (χ2v) is 6.49. The molecule has 0 spiro atoms. The van der Waals surface area contributed by atoms with Gasteiger partial charge in [0.25, 0.3) is 0 Å². The van der Waals surface area contributed by atoms with Crippen molar-refractivity contribution in [3.8, 4) is 0 Å². The number of aromatic nitrogens is 3. The third kappa shape index (κ3) is 3.84. The van der Waals surface area contributed by atoms with E-state index in [9.17, 15) is 23.1 Å². The van der Waals surface area contributed by atoms with Crippen molar-refractivity contribution < 1.29 is 23.1 Å². The Morgan fingerprint density at radius 2 is 1.93 bits per heavy atom. The second kappa shape index (κ2) is 7.59. The first-order valence-electron chi connectivity index (χ1n) is 8.58. The summed E-state index contributed by atoms with van der Waals surface area (Å²) < 4.78 is 41.5. The molecule has 28 heavy (non-hydrogen) atoms. The minimum atomic E-state index is -4.93. The van der Waals surface area contributed by atoms with Gasteiger partial charge in [0, 0.05) is 44.0 Å². The van der Waals surface area contributed by atoms with E-state index in [0.29, 0.717) is 11.1 Å². The molecule has 0 radical (unpaired) electrons. The monoisotopic (exact) mass is 392 g/mol. The predicted molar refractivity (Wildman–Crippen MR) is 96.2 cm³/mol. The summed E-state index contributed by atoms with van der Waals surface area (Å²) in [6.45, 7) is -0.361. The molecule has 0 saturated carbocycles. The first kappa shape index (κ1) is 19.8. The van der Waals surface area contributed by atoms with Crippen molar-refractivity contribution >= 4 is 16.8 Å². The number of nitrogens with zero attached hydrogens (tertiary/aromatic N) is 3. The third-order valence-corrected chi connectivity index (χ3v) is 4.54. The summed E-state index contributed by atoms with van der Waals surface area (Å²) in [4.78, 5) is 20.1. The maximum absolute atomic E-state index is 13.5. The zero-order chi connectivity index (χ0) is 20.4. The molecule has 6 nitrogen and oxygen atoms in total. The van der Waals surface area contributed by atoms with Crippen LogP contribution in [0.1, 0.15) is 17.8 Å². The molecule has 0 aliphatic heterocycles. The van der Waals surface area contributed by atoms with Gasteiger partial charge >= 0.3 is 6.18 Å². The van der Waals surface area contributed by atoms with Crippen LogP contribution in [-0.2, 0) is 23.9 Å². The van der Waals surface area contributed by atoms with Gasteiger partial charge in [-0.05, 0) is 11.6 Å². The van der Waals surface area contributed by atoms with E-state index in [-0.39, 0.29) is 13.0 Å². The number of amides is 1. The highest BCUT2D eigenvalue weighted by molar-refractivity contribution is 5.87. The van der Waals surface area contributed by atoms with Gasteiger partial charge in [0.15, 0.2) is 0 Å². The molecule has 1 aromatic carbocycles. The fourth-order valence-electron chi connectivity index (χ4n) is 3.07. The van der Waals surface area contributed by atoms with Gasteiger partial charge in [-0.25, -0.2) is 4.98 Å². The largest absolute Gasteiger partial charge is 0.424 e. The van der Waals surface area contributed by atoms with Crippen LogP contribution >= 0.6 is 0 Å². The predicted octanol–water partition coefficient (Wildman–Crippen LogP) is 2.47. The van der Waals surface area contributed by atoms with Gasteiger partial charge < -0.3 is 15.0 Å². The smallest absolute Gasteiger partial charge is 0.374 e. The number of nitrogens with one attached hydrogen (secondary N) is 1. The van der Waals surface area contributed by atoms with Crippen LogP contribution in [0.25, 0.3) is 10.9 Å². The summed E-state index contributed by atoms with van der Waals surface area (Å²) in [5.74, 6) is -0.977. The molecule has 2 heterocycles. The molecule has 0 aliphatic rings. The number of hydrogen-bond donors (Lipinski definition) is 2. The maximum Gasteiger partial charge on any atom is 0.424 e. The zero-order valence-electron chi connectivity index (χ0n) is 15.1. The molecule has 9 heteroatoms. The molecule has 0 aliphatic carbocycles. The number of aliphatic hydroxyl groups is 1. The second-order valence-electron chi connectivity index (χ2n) is 6.49. The number of imidazole rings is 1. The molecule has 2 N–H and O–H groups in total. The number of alkyl halides is 3. The minimum absolute atomic E-state index is 0.0266. The van der Waals surface area contributed by atoms with Crippen LogP contribution in [0.2, 0.25) is 0 Å². The fourth-order valence-corrected chi connectivity index (χ4v) is 3.07. The number of carbonyl (C=O) groups is 1. The Hall–Kier alpha value is -2.94. The van der Waals surface area contributed by atoms with Gasteiger partial charge in [-0.3, -0.25) is 9.78 Å². The average molecular weight is 392 g/mol. The number of carbonyl (C=O) groups excluding carboxylic acids is 1. The van der Waals surface area contributed by atoms with Gasteiger partial charge in [-0.15, -0.1) is 0 Å². The first-order valence-corrected chi connectivity index (χ1v) is 8.58. The lowest BCUT2D eigenvalue weighted by Crippen LogP contribution is -2.46. The van der Waals surface area contributed by atoms with Gasteiger partial charge in [-0.1, -0.05) is 24.3 Å². The molecule has 0 bridgehead atoms. The summed E-state index contributed by atoms with van der Waals surface area (Å²) in [5.41, 5.74) is -1.81. The first-order chi connectivity index (χ1) is 13.2. The molecule has 2 aromatic heterocycles. The van der Waals surface area contributed by atoms with Crippen molar-refractivity contribution in [1.82, 2.24) is 19.9 Å². The molecular weight excluding hydrogens is 373 g/mol. The molecule has 1 amide bonds. The Bertz CT molecular complexity index is 981. The summed E-state index contributed by atoms with van der Waals surface area (Å²) in [6, 6.07) is 9.03. The van der Waals surface area contributed by atoms with Crippen molar-refractivity contribution in [1.29, 1.82) is 0 Å². The van der Waals surface area contributed by atoms with E-state index in [1.807, 2.05) is 12.1 Å². The standard InChI is InChI=1S/C19H19F3N4O2/c1-26-11-10-25-17(26)18(28,19(20,21)22)7-9-23-15(27)12-14-5-2-4-13-6-3-8-24-16(13)14/h2-6,8,10-11,28H,7,9,12H2,1H3,(H,23,27). The number of aryl methyl sites for hydroxylation is 1. The Balaban J connectivity index is 1.68. The quantitative estimate of drug-likeness (QED) is 0.676. The highest BCUT2D eigenvalue weighted by atomic mass is 19.4. The molecule has 1 unspecified atom stereocenters. The lowest BCUT2D eigenvalue weighted by molar-refractivity contribution is -0.272. The third-order valence-electron chi connectivity index (χ3n) is 4.54. The van der Waals surface area contributed by atoms with Gasteiger partial charge in [0.05, 0.1) is 11.9 Å². The van der Waals surface area contributed by atoms with Crippen molar-refractivity contribution in [3.63, 3.8) is 0 Å². The van der Waals surface area contributed by atoms with Crippen molar-refractivity contribution in [2.45, 2.75) is 24.6 Å². The molecule has 3 rings (SSSR count). The average Bonchev–Trinajstić information content (AvgIpc) is 3.07. The normalized spacial score (nSPS) is 14.0. The molecule has 3 aromatic rings. The Morgan fingerprint density at radius 3 is 2.61 bits per heavy atom. The van der Waals surface area contributed by atoms with Crippen LogP contribution in [0.15, 0.2) is 48.9 Å². The van der Waals surface area contributed by atoms with Crippen LogP contribution in [0.4, 0.5) is 13.2 Å². The highest BCUT2D eigenvalue weighted by Gasteiger charge is 2.57. The molecule has 148 valence electrons. The van der Waals surface area contributed by atoms with Crippen LogP contribution < -0.4 is 5.32 Å². The lowest BCUT2D eigenvalue weighted by atomic mass is 9.97.